The van der Waals surface area contributed by atoms with Crippen LogP contribution in [-0.4, -0.2) is 49.0 Å². The average molecular weight is 421 g/mol. The number of nitrogens with zero attached hydrogens (tertiary/aromatic N) is 2. The van der Waals surface area contributed by atoms with E-state index < -0.39 is 0 Å². The third-order valence-corrected chi connectivity index (χ3v) is 6.31. The second kappa shape index (κ2) is 8.35. The Morgan fingerprint density at radius 1 is 1.13 bits per heavy atom. The summed E-state index contributed by atoms with van der Waals surface area (Å²) in [6, 6.07) is 7.68. The minimum atomic E-state index is 0.120. The molecule has 6 heteroatoms. The molecule has 0 N–H and O–H groups in total. The number of furan rings is 1. The monoisotopic (exact) mass is 420 g/mol. The second-order valence-electron chi connectivity index (χ2n) is 8.42. The highest BCUT2D eigenvalue weighted by Crippen LogP contribution is 2.40. The van der Waals surface area contributed by atoms with Crippen molar-refractivity contribution in [1.29, 1.82) is 0 Å². The van der Waals surface area contributed by atoms with Gasteiger partial charge in [0.15, 0.2) is 23.0 Å². The van der Waals surface area contributed by atoms with E-state index in [1.54, 1.807) is 7.11 Å². The Balaban J connectivity index is 1.49. The van der Waals surface area contributed by atoms with Crippen LogP contribution in [0.4, 0.5) is 0 Å². The molecule has 3 heterocycles. The zero-order valence-corrected chi connectivity index (χ0v) is 18.2. The molecule has 0 amide bonds. The average Bonchev–Trinajstić information content (AvgIpc) is 3.52. The highest BCUT2D eigenvalue weighted by atomic mass is 16.5. The Hall–Kier alpha value is -2.86. The molecule has 0 radical (unpaired) electrons. The third kappa shape index (κ3) is 3.81. The van der Waals surface area contributed by atoms with Crippen molar-refractivity contribution in [3.63, 3.8) is 0 Å². The summed E-state index contributed by atoms with van der Waals surface area (Å²) in [5, 5.41) is 0.953. The predicted octanol–water partition coefficient (Wildman–Crippen LogP) is 4.81. The van der Waals surface area contributed by atoms with Gasteiger partial charge in [-0.15, -0.1) is 0 Å². The van der Waals surface area contributed by atoms with E-state index >= 15 is 0 Å². The molecule has 1 aromatic carbocycles. The number of carbonyl (C=O) groups is 1. The van der Waals surface area contributed by atoms with E-state index in [9.17, 15) is 4.79 Å². The maximum Gasteiger partial charge on any atom is 0.165 e. The fraction of sp³-hybridized carbons (Fsp3) is 0.440. The number of aryl methyl sites for hydroxylation is 2. The van der Waals surface area contributed by atoms with Crippen LogP contribution in [0.25, 0.3) is 22.4 Å². The van der Waals surface area contributed by atoms with Crippen molar-refractivity contribution in [2.45, 2.75) is 39.0 Å². The molecule has 2 aliphatic rings. The number of Topliss-reactive ketones (excluding diaryl/α,β-unsaturated/α-hetero) is 1. The molecule has 162 valence electrons. The van der Waals surface area contributed by atoms with Crippen LogP contribution >= 0.6 is 0 Å². The quantitative estimate of drug-likeness (QED) is 0.511. The van der Waals surface area contributed by atoms with Gasteiger partial charge in [0.2, 0.25) is 0 Å². The number of likely N-dealkylation sites (tertiary alicyclic amines) is 1. The lowest BCUT2D eigenvalue weighted by Crippen LogP contribution is -2.21. The molecule has 1 saturated heterocycles. The fourth-order valence-electron chi connectivity index (χ4n) is 4.75. The van der Waals surface area contributed by atoms with Crippen molar-refractivity contribution >= 4 is 16.7 Å². The Morgan fingerprint density at radius 3 is 2.71 bits per heavy atom. The lowest BCUT2D eigenvalue weighted by Gasteiger charge is -2.16. The molecule has 5 rings (SSSR count). The van der Waals surface area contributed by atoms with E-state index in [0.29, 0.717) is 48.0 Å². The minimum Gasteiger partial charge on any atom is -0.493 e. The summed E-state index contributed by atoms with van der Waals surface area (Å²) in [5.74, 6) is 2.92. The molecule has 1 fully saturated rings. The van der Waals surface area contributed by atoms with Crippen LogP contribution in [0.2, 0.25) is 0 Å². The van der Waals surface area contributed by atoms with Crippen LogP contribution in [-0.2, 0) is 6.42 Å². The van der Waals surface area contributed by atoms with Crippen molar-refractivity contribution in [2.24, 2.45) is 0 Å². The molecule has 6 nitrogen and oxygen atoms in total. The topological polar surface area (TPSA) is 64.8 Å². The summed E-state index contributed by atoms with van der Waals surface area (Å²) in [6.07, 6.45) is 4.79. The maximum atomic E-state index is 12.7. The molecule has 0 spiro atoms. The zero-order valence-electron chi connectivity index (χ0n) is 18.2. The summed E-state index contributed by atoms with van der Waals surface area (Å²) in [7, 11) is 1.65. The number of fused-ring (bicyclic) bond motifs is 3. The number of pyridine rings is 1. The molecular weight excluding hydrogens is 392 g/mol. The SMILES string of the molecule is COc1cc2c3c(c(-c4ccc(C)o4)nc2cc1OCCCN1CCCC1)C(=O)CC3. The lowest BCUT2D eigenvalue weighted by atomic mass is 10.0. The molecule has 2 aromatic heterocycles. The lowest BCUT2D eigenvalue weighted by molar-refractivity contribution is 0.0994. The number of hydrogen-bond acceptors (Lipinski definition) is 6. The largest absolute Gasteiger partial charge is 0.493 e. The Bertz CT molecular complexity index is 1130. The number of ketones is 1. The highest BCUT2D eigenvalue weighted by Gasteiger charge is 2.29. The van der Waals surface area contributed by atoms with Gasteiger partial charge in [0, 0.05) is 24.4 Å². The van der Waals surface area contributed by atoms with E-state index in [2.05, 4.69) is 4.90 Å². The zero-order chi connectivity index (χ0) is 21.4. The van der Waals surface area contributed by atoms with Gasteiger partial charge >= 0.3 is 0 Å². The van der Waals surface area contributed by atoms with E-state index in [0.717, 1.165) is 35.2 Å². The summed E-state index contributed by atoms with van der Waals surface area (Å²) < 4.78 is 17.5. The number of rotatable bonds is 7. The van der Waals surface area contributed by atoms with Crippen LogP contribution in [0, 0.1) is 6.92 Å². The van der Waals surface area contributed by atoms with Gasteiger partial charge in [0.05, 0.1) is 24.8 Å². The van der Waals surface area contributed by atoms with Crippen molar-refractivity contribution in [3.05, 3.63) is 41.2 Å². The first-order valence-corrected chi connectivity index (χ1v) is 11.1. The molecule has 1 aliphatic heterocycles. The van der Waals surface area contributed by atoms with Gasteiger partial charge in [-0.3, -0.25) is 4.79 Å². The second-order valence-corrected chi connectivity index (χ2v) is 8.42. The van der Waals surface area contributed by atoms with Gasteiger partial charge < -0.3 is 18.8 Å². The van der Waals surface area contributed by atoms with Gasteiger partial charge in [-0.05, 0) is 69.5 Å². The van der Waals surface area contributed by atoms with E-state index in [1.807, 2.05) is 31.2 Å². The first kappa shape index (κ1) is 20.1. The maximum absolute atomic E-state index is 12.7. The third-order valence-electron chi connectivity index (χ3n) is 6.31. The normalized spacial score (nSPS) is 16.3. The van der Waals surface area contributed by atoms with Crippen LogP contribution in [0.3, 0.4) is 0 Å². The van der Waals surface area contributed by atoms with Crippen molar-refractivity contribution < 1.29 is 18.7 Å². The van der Waals surface area contributed by atoms with Gasteiger partial charge in [0.1, 0.15) is 11.5 Å². The van der Waals surface area contributed by atoms with Gasteiger partial charge in [-0.25, -0.2) is 4.98 Å². The van der Waals surface area contributed by atoms with Crippen LogP contribution in [0.1, 0.15) is 47.4 Å². The van der Waals surface area contributed by atoms with Gasteiger partial charge in [-0.1, -0.05) is 0 Å². The van der Waals surface area contributed by atoms with Crippen LogP contribution in [0.15, 0.2) is 28.7 Å². The number of carbonyl (C=O) groups excluding carboxylic acids is 1. The molecule has 31 heavy (non-hydrogen) atoms. The Kier molecular flexibility index (Phi) is 5.40. The molecule has 3 aromatic rings. The van der Waals surface area contributed by atoms with Crippen LogP contribution < -0.4 is 9.47 Å². The number of benzene rings is 1. The molecular formula is C25H28N2O4. The smallest absolute Gasteiger partial charge is 0.165 e. The van der Waals surface area contributed by atoms with Crippen molar-refractivity contribution in [3.8, 4) is 23.0 Å². The van der Waals surface area contributed by atoms with Crippen molar-refractivity contribution in [2.75, 3.05) is 33.4 Å². The number of aromatic nitrogens is 1. The molecule has 0 atom stereocenters. The first-order valence-electron chi connectivity index (χ1n) is 11.1. The highest BCUT2D eigenvalue weighted by molar-refractivity contribution is 6.09. The Labute approximate surface area is 182 Å². The van der Waals surface area contributed by atoms with E-state index in [-0.39, 0.29) is 5.78 Å². The summed E-state index contributed by atoms with van der Waals surface area (Å²) in [4.78, 5) is 20.0. The number of methoxy groups -OCH3 is 1. The van der Waals surface area contributed by atoms with Gasteiger partial charge in [0.25, 0.3) is 0 Å². The van der Waals surface area contributed by atoms with E-state index in [1.165, 1.54) is 25.9 Å². The molecule has 0 unspecified atom stereocenters. The van der Waals surface area contributed by atoms with Crippen molar-refractivity contribution in [1.82, 2.24) is 9.88 Å². The van der Waals surface area contributed by atoms with Crippen LogP contribution in [0.5, 0.6) is 11.5 Å². The van der Waals surface area contributed by atoms with E-state index in [4.69, 9.17) is 18.9 Å². The fourth-order valence-corrected chi connectivity index (χ4v) is 4.75. The summed E-state index contributed by atoms with van der Waals surface area (Å²) >= 11 is 0. The summed E-state index contributed by atoms with van der Waals surface area (Å²) in [5.41, 5.74) is 3.14. The molecule has 1 aliphatic carbocycles. The number of ether oxygens (including phenoxy) is 2. The number of hydrogen-bond donors (Lipinski definition) is 0. The molecule has 0 saturated carbocycles. The minimum absolute atomic E-state index is 0.120. The summed E-state index contributed by atoms with van der Waals surface area (Å²) in [6.45, 7) is 5.98. The van der Waals surface area contributed by atoms with Gasteiger partial charge in [-0.2, -0.15) is 0 Å². The predicted molar refractivity (Wildman–Crippen MR) is 119 cm³/mol. The first-order chi connectivity index (χ1) is 15.1. The Morgan fingerprint density at radius 2 is 1.97 bits per heavy atom. The molecule has 0 bridgehead atoms. The standard InChI is InChI=1S/C25H28N2O4/c1-16-6-9-21(31-16)25-24-17(7-8-20(24)28)18-14-22(29-2)23(15-19(18)26-25)30-13-5-12-27-10-3-4-11-27/h6,9,14-15H,3-5,7-8,10-13H2,1-2H3.